The largest absolute Gasteiger partial charge is 0.295 e. The molecule has 0 fully saturated rings. The molecule has 0 aliphatic heterocycles. The molecule has 108 valence electrons. The number of hydrogen-bond donors (Lipinski definition) is 0. The van der Waals surface area contributed by atoms with Crippen LogP contribution in [0, 0.1) is 0 Å². The van der Waals surface area contributed by atoms with Crippen LogP contribution in [-0.4, -0.2) is 5.78 Å². The Morgan fingerprint density at radius 3 is 2.35 bits per heavy atom. The van der Waals surface area contributed by atoms with E-state index in [0.29, 0.717) is 0 Å². The van der Waals surface area contributed by atoms with E-state index in [-0.39, 0.29) is 5.78 Å². The Morgan fingerprint density at radius 1 is 1.05 bits per heavy atom. The van der Waals surface area contributed by atoms with Gasteiger partial charge in [-0.15, -0.1) is 0 Å². The van der Waals surface area contributed by atoms with Crippen molar-refractivity contribution >= 4 is 11.9 Å². The first-order valence-electron chi connectivity index (χ1n) is 7.58. The van der Waals surface area contributed by atoms with Crippen LogP contribution in [0.3, 0.4) is 0 Å². The van der Waals surface area contributed by atoms with Crippen LogP contribution in [0.4, 0.5) is 0 Å². The second kappa shape index (κ2) is 9.30. The summed E-state index contributed by atoms with van der Waals surface area (Å²) in [7, 11) is 0. The van der Waals surface area contributed by atoms with E-state index in [0.717, 1.165) is 12.0 Å². The highest BCUT2D eigenvalue weighted by atomic mass is 16.1. The van der Waals surface area contributed by atoms with Gasteiger partial charge in [0, 0.05) is 0 Å². The predicted molar refractivity (Wildman–Crippen MR) is 87.6 cm³/mol. The van der Waals surface area contributed by atoms with Crippen molar-refractivity contribution < 1.29 is 4.79 Å². The molecule has 0 amide bonds. The van der Waals surface area contributed by atoms with Gasteiger partial charge in [0.2, 0.25) is 0 Å². The Morgan fingerprint density at radius 2 is 1.75 bits per heavy atom. The average Bonchev–Trinajstić information content (AvgIpc) is 2.44. The normalized spacial score (nSPS) is 12.6. The van der Waals surface area contributed by atoms with Crippen LogP contribution in [0.2, 0.25) is 0 Å². The minimum atomic E-state index is 0.150. The Balaban J connectivity index is 2.81. The molecule has 1 nitrogen and oxygen atoms in total. The smallest absolute Gasteiger partial charge is 0.155 e. The van der Waals surface area contributed by atoms with Gasteiger partial charge < -0.3 is 0 Å². The molecule has 1 aromatic carbocycles. The molecule has 0 aliphatic rings. The van der Waals surface area contributed by atoms with Crippen molar-refractivity contribution in [3.05, 3.63) is 53.1 Å². The zero-order valence-electron chi connectivity index (χ0n) is 13.0. The highest BCUT2D eigenvalue weighted by Crippen LogP contribution is 2.17. The molecule has 0 bridgehead atoms. The molecule has 0 N–H and O–H groups in total. The van der Waals surface area contributed by atoms with Gasteiger partial charge in [0.25, 0.3) is 0 Å². The summed E-state index contributed by atoms with van der Waals surface area (Å²) in [6.45, 7) is 5.75. The van der Waals surface area contributed by atoms with Crippen LogP contribution in [0.25, 0.3) is 6.08 Å². The summed E-state index contributed by atoms with van der Waals surface area (Å²) < 4.78 is 0. The summed E-state index contributed by atoms with van der Waals surface area (Å²) in [6.07, 6.45) is 10.3. The molecule has 0 unspecified atom stereocenters. The lowest BCUT2D eigenvalue weighted by Gasteiger charge is -2.05. The SMILES string of the molecule is CCCCCCC(=C\c1ccccc1)/C=C(\C)C(C)=O. The molecule has 1 heteroatoms. The van der Waals surface area contributed by atoms with E-state index < -0.39 is 0 Å². The maximum atomic E-state index is 11.4. The maximum Gasteiger partial charge on any atom is 0.155 e. The fraction of sp³-hybridized carbons (Fsp3) is 0.421. The van der Waals surface area contributed by atoms with E-state index in [1.165, 1.54) is 36.8 Å². The molecule has 0 spiro atoms. The zero-order chi connectivity index (χ0) is 14.8. The average molecular weight is 270 g/mol. The molecular weight excluding hydrogens is 244 g/mol. The summed E-state index contributed by atoms with van der Waals surface area (Å²) in [6, 6.07) is 10.3. The van der Waals surface area contributed by atoms with Crippen LogP contribution in [0.15, 0.2) is 47.6 Å². The van der Waals surface area contributed by atoms with Gasteiger partial charge in [-0.05, 0) is 43.4 Å². The third-order valence-electron chi connectivity index (χ3n) is 3.43. The van der Waals surface area contributed by atoms with Gasteiger partial charge in [-0.1, -0.05) is 68.7 Å². The third kappa shape index (κ3) is 6.51. The number of carbonyl (C=O) groups is 1. The summed E-state index contributed by atoms with van der Waals surface area (Å²) in [5.41, 5.74) is 3.29. The molecule has 0 saturated carbocycles. The van der Waals surface area contributed by atoms with Crippen LogP contribution in [0.1, 0.15) is 58.4 Å². The van der Waals surface area contributed by atoms with Gasteiger partial charge in [0.15, 0.2) is 5.78 Å². The van der Waals surface area contributed by atoms with E-state index in [4.69, 9.17) is 0 Å². The van der Waals surface area contributed by atoms with E-state index in [9.17, 15) is 4.79 Å². The first-order valence-corrected chi connectivity index (χ1v) is 7.58. The van der Waals surface area contributed by atoms with Crippen LogP contribution in [0.5, 0.6) is 0 Å². The summed E-state index contributed by atoms with van der Waals surface area (Å²) in [5, 5.41) is 0. The molecule has 0 atom stereocenters. The van der Waals surface area contributed by atoms with Crippen molar-refractivity contribution in [3.63, 3.8) is 0 Å². The summed E-state index contributed by atoms with van der Waals surface area (Å²) in [4.78, 5) is 11.4. The number of rotatable bonds is 8. The third-order valence-corrected chi connectivity index (χ3v) is 3.43. The quantitative estimate of drug-likeness (QED) is 0.342. The maximum absolute atomic E-state index is 11.4. The minimum absolute atomic E-state index is 0.150. The second-order valence-electron chi connectivity index (χ2n) is 5.32. The first-order chi connectivity index (χ1) is 9.63. The molecular formula is C19H26O. The molecule has 1 aromatic rings. The van der Waals surface area contributed by atoms with Gasteiger partial charge in [0.1, 0.15) is 0 Å². The number of carbonyl (C=O) groups excluding carboxylic acids is 1. The fourth-order valence-electron chi connectivity index (χ4n) is 2.08. The number of allylic oxidation sites excluding steroid dienone is 3. The first kappa shape index (κ1) is 16.4. The molecule has 1 rings (SSSR count). The van der Waals surface area contributed by atoms with Crippen LogP contribution < -0.4 is 0 Å². The van der Waals surface area contributed by atoms with Crippen molar-refractivity contribution in [1.82, 2.24) is 0 Å². The fourth-order valence-corrected chi connectivity index (χ4v) is 2.08. The lowest BCUT2D eigenvalue weighted by molar-refractivity contribution is -0.113. The number of ketones is 1. The lowest BCUT2D eigenvalue weighted by Crippen LogP contribution is -1.93. The van der Waals surface area contributed by atoms with Gasteiger partial charge in [-0.25, -0.2) is 0 Å². The molecule has 0 radical (unpaired) electrons. The Bertz CT molecular complexity index is 466. The highest BCUT2D eigenvalue weighted by molar-refractivity contribution is 5.93. The molecule has 0 aromatic heterocycles. The Labute approximate surface area is 123 Å². The highest BCUT2D eigenvalue weighted by Gasteiger charge is 2.00. The molecule has 0 saturated heterocycles. The number of benzene rings is 1. The van der Waals surface area contributed by atoms with E-state index in [1.54, 1.807) is 6.92 Å². The van der Waals surface area contributed by atoms with Gasteiger partial charge in [-0.2, -0.15) is 0 Å². The number of unbranched alkanes of at least 4 members (excludes halogenated alkanes) is 3. The van der Waals surface area contributed by atoms with E-state index >= 15 is 0 Å². The molecule has 0 heterocycles. The van der Waals surface area contributed by atoms with Crippen LogP contribution in [-0.2, 0) is 4.79 Å². The zero-order valence-corrected chi connectivity index (χ0v) is 13.0. The monoisotopic (exact) mass is 270 g/mol. The number of hydrogen-bond acceptors (Lipinski definition) is 1. The van der Waals surface area contributed by atoms with E-state index in [2.05, 4.69) is 25.1 Å². The second-order valence-corrected chi connectivity index (χ2v) is 5.32. The van der Waals surface area contributed by atoms with Gasteiger partial charge in [0.05, 0.1) is 0 Å². The summed E-state index contributed by atoms with van der Waals surface area (Å²) >= 11 is 0. The van der Waals surface area contributed by atoms with Gasteiger partial charge in [-0.3, -0.25) is 4.79 Å². The van der Waals surface area contributed by atoms with E-state index in [1.807, 2.05) is 31.2 Å². The summed E-state index contributed by atoms with van der Waals surface area (Å²) in [5.74, 6) is 0.150. The topological polar surface area (TPSA) is 17.1 Å². The molecule has 0 aliphatic carbocycles. The Kier molecular flexibility index (Phi) is 7.64. The van der Waals surface area contributed by atoms with Crippen molar-refractivity contribution in [2.45, 2.75) is 52.9 Å². The van der Waals surface area contributed by atoms with Crippen molar-refractivity contribution in [1.29, 1.82) is 0 Å². The predicted octanol–water partition coefficient (Wildman–Crippen LogP) is 5.58. The van der Waals surface area contributed by atoms with Crippen molar-refractivity contribution in [2.75, 3.05) is 0 Å². The minimum Gasteiger partial charge on any atom is -0.295 e. The van der Waals surface area contributed by atoms with Crippen LogP contribution >= 0.6 is 0 Å². The van der Waals surface area contributed by atoms with Gasteiger partial charge >= 0.3 is 0 Å². The number of Topliss-reactive ketones (excluding diaryl/α,β-unsaturated/α-hetero) is 1. The lowest BCUT2D eigenvalue weighted by atomic mass is 10.0. The van der Waals surface area contributed by atoms with Crippen molar-refractivity contribution in [3.8, 4) is 0 Å². The molecule has 20 heavy (non-hydrogen) atoms. The standard InChI is InChI=1S/C19H26O/c1-4-5-6-8-13-19(14-16(2)17(3)20)15-18-11-9-7-10-12-18/h7,9-12,14-15H,4-6,8,13H2,1-3H3/b16-14+,19-15+. The Hall–Kier alpha value is -1.63. The van der Waals surface area contributed by atoms with Crippen molar-refractivity contribution in [2.24, 2.45) is 0 Å².